The van der Waals surface area contributed by atoms with Gasteiger partial charge in [0.05, 0.1) is 0 Å². The molecule has 0 saturated heterocycles. The zero-order valence-electron chi connectivity index (χ0n) is 13.6. The van der Waals surface area contributed by atoms with E-state index in [1.807, 2.05) is 0 Å². The second kappa shape index (κ2) is 7.45. The summed E-state index contributed by atoms with van der Waals surface area (Å²) < 4.78 is 0. The average molecular weight is 285 g/mol. The number of hydrogen-bond donors (Lipinski definition) is 1. The van der Waals surface area contributed by atoms with Gasteiger partial charge in [0.1, 0.15) is 0 Å². The van der Waals surface area contributed by atoms with Crippen molar-refractivity contribution < 1.29 is 0 Å². The lowest BCUT2D eigenvalue weighted by Gasteiger charge is -2.34. The SMILES string of the molecule is CCCNC1CCCC(CC2CCCc3ccccc32)C1. The highest BCUT2D eigenvalue weighted by Crippen LogP contribution is 2.39. The van der Waals surface area contributed by atoms with Crippen LogP contribution in [-0.2, 0) is 6.42 Å². The summed E-state index contributed by atoms with van der Waals surface area (Å²) in [6, 6.07) is 10.0. The topological polar surface area (TPSA) is 12.0 Å². The molecule has 1 aromatic carbocycles. The van der Waals surface area contributed by atoms with E-state index >= 15 is 0 Å². The van der Waals surface area contributed by atoms with Crippen molar-refractivity contribution in [2.24, 2.45) is 5.92 Å². The lowest BCUT2D eigenvalue weighted by molar-refractivity contribution is 0.255. The van der Waals surface area contributed by atoms with Crippen molar-refractivity contribution in [1.29, 1.82) is 0 Å². The van der Waals surface area contributed by atoms with Gasteiger partial charge in [0.2, 0.25) is 0 Å². The molecule has 0 aliphatic heterocycles. The molecule has 1 saturated carbocycles. The monoisotopic (exact) mass is 285 g/mol. The lowest BCUT2D eigenvalue weighted by Crippen LogP contribution is -2.35. The third kappa shape index (κ3) is 3.88. The largest absolute Gasteiger partial charge is 0.314 e. The van der Waals surface area contributed by atoms with E-state index in [9.17, 15) is 0 Å². The molecular weight excluding hydrogens is 254 g/mol. The van der Waals surface area contributed by atoms with Crippen molar-refractivity contribution in [3.05, 3.63) is 35.4 Å². The summed E-state index contributed by atoms with van der Waals surface area (Å²) in [6.45, 7) is 3.47. The Kier molecular flexibility index (Phi) is 5.35. The first-order chi connectivity index (χ1) is 10.4. The molecule has 1 N–H and O–H groups in total. The maximum Gasteiger partial charge on any atom is 0.00697 e. The number of nitrogens with one attached hydrogen (secondary N) is 1. The number of hydrogen-bond acceptors (Lipinski definition) is 1. The molecule has 0 radical (unpaired) electrons. The molecule has 3 rings (SSSR count). The maximum atomic E-state index is 3.76. The van der Waals surface area contributed by atoms with Crippen molar-refractivity contribution in [2.45, 2.75) is 76.7 Å². The van der Waals surface area contributed by atoms with Gasteiger partial charge in [-0.2, -0.15) is 0 Å². The summed E-state index contributed by atoms with van der Waals surface area (Å²) in [6.07, 6.45) is 12.5. The molecule has 21 heavy (non-hydrogen) atoms. The first kappa shape index (κ1) is 15.1. The molecule has 1 nitrogen and oxygen atoms in total. The Bertz CT molecular complexity index is 439. The third-order valence-corrected chi connectivity index (χ3v) is 5.58. The summed E-state index contributed by atoms with van der Waals surface area (Å²) in [5.74, 6) is 1.79. The summed E-state index contributed by atoms with van der Waals surface area (Å²) in [5, 5.41) is 3.76. The molecule has 0 heterocycles. The molecule has 0 bridgehead atoms. The molecule has 0 spiro atoms. The quantitative estimate of drug-likeness (QED) is 0.798. The van der Waals surface area contributed by atoms with Crippen molar-refractivity contribution in [1.82, 2.24) is 5.32 Å². The predicted molar refractivity (Wildman–Crippen MR) is 90.8 cm³/mol. The highest BCUT2D eigenvalue weighted by molar-refractivity contribution is 5.32. The fourth-order valence-electron chi connectivity index (χ4n) is 4.54. The zero-order chi connectivity index (χ0) is 14.5. The van der Waals surface area contributed by atoms with E-state index < -0.39 is 0 Å². The highest BCUT2D eigenvalue weighted by atomic mass is 14.9. The number of rotatable bonds is 5. The van der Waals surface area contributed by atoms with E-state index in [1.54, 1.807) is 11.1 Å². The Morgan fingerprint density at radius 2 is 2.00 bits per heavy atom. The number of aryl methyl sites for hydroxylation is 1. The minimum atomic E-state index is 0.794. The van der Waals surface area contributed by atoms with Crippen molar-refractivity contribution in [3.63, 3.8) is 0 Å². The Hall–Kier alpha value is -0.820. The summed E-state index contributed by atoms with van der Waals surface area (Å²) >= 11 is 0. The van der Waals surface area contributed by atoms with Gasteiger partial charge in [-0.15, -0.1) is 0 Å². The molecule has 116 valence electrons. The maximum absolute atomic E-state index is 3.76. The number of benzene rings is 1. The molecule has 2 aliphatic carbocycles. The van der Waals surface area contributed by atoms with Gasteiger partial charge in [0.25, 0.3) is 0 Å². The van der Waals surface area contributed by atoms with Crippen LogP contribution in [0.2, 0.25) is 0 Å². The Morgan fingerprint density at radius 1 is 1.10 bits per heavy atom. The van der Waals surface area contributed by atoms with E-state index in [2.05, 4.69) is 36.5 Å². The van der Waals surface area contributed by atoms with Crippen LogP contribution < -0.4 is 5.32 Å². The summed E-state index contributed by atoms with van der Waals surface area (Å²) in [7, 11) is 0. The van der Waals surface area contributed by atoms with Crippen LogP contribution in [-0.4, -0.2) is 12.6 Å². The van der Waals surface area contributed by atoms with E-state index in [1.165, 1.54) is 64.3 Å². The lowest BCUT2D eigenvalue weighted by atomic mass is 9.74. The standard InChI is InChI=1S/C20H31N/c1-2-13-21-19-11-5-7-16(15-19)14-18-10-6-9-17-8-3-4-12-20(17)18/h3-4,8,12,16,18-19,21H,2,5-7,9-11,13-15H2,1H3. The fourth-order valence-corrected chi connectivity index (χ4v) is 4.54. The smallest absolute Gasteiger partial charge is 0.00697 e. The van der Waals surface area contributed by atoms with Crippen molar-refractivity contribution in [2.75, 3.05) is 6.54 Å². The first-order valence-electron chi connectivity index (χ1n) is 9.18. The first-order valence-corrected chi connectivity index (χ1v) is 9.18. The Labute approximate surface area is 130 Å². The van der Waals surface area contributed by atoms with E-state index in [4.69, 9.17) is 0 Å². The predicted octanol–water partition coefficient (Wildman–Crippen LogP) is 5.06. The van der Waals surface area contributed by atoms with Gasteiger partial charge in [-0.05, 0) is 74.5 Å². The minimum Gasteiger partial charge on any atom is -0.314 e. The van der Waals surface area contributed by atoms with Crippen LogP contribution in [0.25, 0.3) is 0 Å². The van der Waals surface area contributed by atoms with Gasteiger partial charge in [0.15, 0.2) is 0 Å². The fraction of sp³-hybridized carbons (Fsp3) is 0.700. The highest BCUT2D eigenvalue weighted by Gasteiger charge is 2.27. The molecular formula is C20H31N. The Morgan fingerprint density at radius 3 is 2.90 bits per heavy atom. The Balaban J connectivity index is 1.59. The summed E-state index contributed by atoms with van der Waals surface area (Å²) in [5.41, 5.74) is 3.30. The van der Waals surface area contributed by atoms with Crippen molar-refractivity contribution in [3.8, 4) is 0 Å². The average Bonchev–Trinajstić information content (AvgIpc) is 2.54. The second-order valence-electron chi connectivity index (χ2n) is 7.21. The molecule has 1 fully saturated rings. The molecule has 3 unspecified atom stereocenters. The van der Waals surface area contributed by atoms with Crippen LogP contribution in [0, 0.1) is 5.92 Å². The van der Waals surface area contributed by atoms with E-state index in [-0.39, 0.29) is 0 Å². The molecule has 1 heteroatoms. The second-order valence-corrected chi connectivity index (χ2v) is 7.21. The normalized spacial score (nSPS) is 29.1. The number of fused-ring (bicyclic) bond motifs is 1. The van der Waals surface area contributed by atoms with E-state index in [0.29, 0.717) is 0 Å². The van der Waals surface area contributed by atoms with Gasteiger partial charge in [-0.1, -0.05) is 44.0 Å². The molecule has 0 aromatic heterocycles. The van der Waals surface area contributed by atoms with Crippen LogP contribution in [0.15, 0.2) is 24.3 Å². The molecule has 0 amide bonds. The van der Waals surface area contributed by atoms with Gasteiger partial charge in [0, 0.05) is 6.04 Å². The van der Waals surface area contributed by atoms with Crippen LogP contribution >= 0.6 is 0 Å². The van der Waals surface area contributed by atoms with Crippen LogP contribution in [0.4, 0.5) is 0 Å². The van der Waals surface area contributed by atoms with E-state index in [0.717, 1.165) is 17.9 Å². The van der Waals surface area contributed by atoms with Gasteiger partial charge < -0.3 is 5.32 Å². The van der Waals surface area contributed by atoms with Crippen LogP contribution in [0.3, 0.4) is 0 Å². The summed E-state index contributed by atoms with van der Waals surface area (Å²) in [4.78, 5) is 0. The minimum absolute atomic E-state index is 0.794. The van der Waals surface area contributed by atoms with Crippen LogP contribution in [0.1, 0.15) is 75.3 Å². The third-order valence-electron chi connectivity index (χ3n) is 5.58. The van der Waals surface area contributed by atoms with Crippen molar-refractivity contribution >= 4 is 0 Å². The molecule has 1 aromatic rings. The van der Waals surface area contributed by atoms with Gasteiger partial charge >= 0.3 is 0 Å². The zero-order valence-corrected chi connectivity index (χ0v) is 13.6. The molecule has 2 aliphatic rings. The van der Waals surface area contributed by atoms with Gasteiger partial charge in [-0.3, -0.25) is 0 Å². The van der Waals surface area contributed by atoms with Crippen LogP contribution in [0.5, 0.6) is 0 Å². The van der Waals surface area contributed by atoms with Gasteiger partial charge in [-0.25, -0.2) is 0 Å². The molecule has 3 atom stereocenters.